The number of aromatic nitrogens is 1. The number of benzene rings is 2. The molecule has 0 aliphatic rings. The molecular formula is C21H17NO4. The van der Waals surface area contributed by atoms with Gasteiger partial charge in [-0.3, -0.25) is 9.59 Å². The molecule has 0 amide bonds. The molecule has 0 atom stereocenters. The Labute approximate surface area is 150 Å². The van der Waals surface area contributed by atoms with Gasteiger partial charge in [-0.05, 0) is 28.8 Å². The Morgan fingerprint density at radius 2 is 1.46 bits per heavy atom. The van der Waals surface area contributed by atoms with Crippen molar-refractivity contribution in [1.82, 2.24) is 4.57 Å². The summed E-state index contributed by atoms with van der Waals surface area (Å²) in [5.74, 6) is -3.19. The van der Waals surface area contributed by atoms with Crippen molar-refractivity contribution in [1.29, 1.82) is 0 Å². The van der Waals surface area contributed by atoms with Crippen molar-refractivity contribution < 1.29 is 19.5 Å². The Hall–Kier alpha value is -3.47. The molecule has 0 radical (unpaired) electrons. The zero-order valence-corrected chi connectivity index (χ0v) is 14.0. The number of rotatable bonds is 7. The molecule has 2 aromatic carbocycles. The van der Waals surface area contributed by atoms with Crippen LogP contribution in [0, 0.1) is 0 Å². The van der Waals surface area contributed by atoms with Gasteiger partial charge >= 0.3 is 5.97 Å². The molecule has 0 aliphatic carbocycles. The number of hydrogen-bond donors (Lipinski definition) is 1. The maximum Gasteiger partial charge on any atom is 0.372 e. The van der Waals surface area contributed by atoms with Crippen molar-refractivity contribution in [2.75, 3.05) is 0 Å². The van der Waals surface area contributed by atoms with E-state index in [1.165, 1.54) is 0 Å². The minimum Gasteiger partial charge on any atom is -0.475 e. The van der Waals surface area contributed by atoms with Crippen LogP contribution < -0.4 is 0 Å². The van der Waals surface area contributed by atoms with Crippen LogP contribution in [0.15, 0.2) is 72.9 Å². The lowest BCUT2D eigenvalue weighted by molar-refractivity contribution is -0.148. The van der Waals surface area contributed by atoms with E-state index in [1.54, 1.807) is 22.9 Å². The van der Waals surface area contributed by atoms with Gasteiger partial charge in [-0.25, -0.2) is 4.79 Å². The standard InChI is InChI=1S/C21H17NO4/c23-19(13-20(24)21(25)26)18-7-4-12-22(18)14-15-8-10-17(11-9-15)16-5-2-1-3-6-16/h1-12H,13-14H2,(H,25,26). The van der Waals surface area contributed by atoms with Gasteiger partial charge in [-0.2, -0.15) is 0 Å². The summed E-state index contributed by atoms with van der Waals surface area (Å²) < 4.78 is 1.72. The molecule has 5 nitrogen and oxygen atoms in total. The number of carboxylic acid groups (broad SMARTS) is 1. The normalized spacial score (nSPS) is 10.5. The van der Waals surface area contributed by atoms with E-state index < -0.39 is 24.0 Å². The predicted molar refractivity (Wildman–Crippen MR) is 97.0 cm³/mol. The zero-order valence-electron chi connectivity index (χ0n) is 14.0. The third-order valence-electron chi connectivity index (χ3n) is 4.09. The largest absolute Gasteiger partial charge is 0.475 e. The van der Waals surface area contributed by atoms with Crippen LogP contribution in [0.5, 0.6) is 0 Å². The van der Waals surface area contributed by atoms with Gasteiger partial charge in [0.25, 0.3) is 0 Å². The summed E-state index contributed by atoms with van der Waals surface area (Å²) >= 11 is 0. The molecule has 0 aliphatic heterocycles. The minimum absolute atomic E-state index is 0.326. The molecule has 1 aromatic heterocycles. The highest BCUT2D eigenvalue weighted by molar-refractivity contribution is 6.37. The van der Waals surface area contributed by atoms with Crippen LogP contribution >= 0.6 is 0 Å². The van der Waals surface area contributed by atoms with Crippen LogP contribution in [-0.2, 0) is 16.1 Å². The molecule has 0 fully saturated rings. The van der Waals surface area contributed by atoms with Crippen molar-refractivity contribution in [3.8, 4) is 11.1 Å². The van der Waals surface area contributed by atoms with Crippen molar-refractivity contribution >= 4 is 17.5 Å². The molecule has 0 unspecified atom stereocenters. The number of carboxylic acids is 1. The predicted octanol–water partition coefficient (Wildman–Crippen LogP) is 3.43. The summed E-state index contributed by atoms with van der Waals surface area (Å²) in [6.45, 7) is 0.463. The zero-order chi connectivity index (χ0) is 18.5. The van der Waals surface area contributed by atoms with E-state index in [1.807, 2.05) is 54.6 Å². The molecule has 1 N–H and O–H groups in total. The summed E-state index contributed by atoms with van der Waals surface area (Å²) in [6.07, 6.45) is 1.11. The second-order valence-corrected chi connectivity index (χ2v) is 5.91. The lowest BCUT2D eigenvalue weighted by Crippen LogP contribution is -2.19. The minimum atomic E-state index is -1.59. The van der Waals surface area contributed by atoms with Crippen LogP contribution in [0.25, 0.3) is 11.1 Å². The molecule has 1 heterocycles. The van der Waals surface area contributed by atoms with Gasteiger partial charge in [0.2, 0.25) is 5.78 Å². The smallest absolute Gasteiger partial charge is 0.372 e. The van der Waals surface area contributed by atoms with Crippen LogP contribution in [0.3, 0.4) is 0 Å². The molecule has 3 rings (SSSR count). The second-order valence-electron chi connectivity index (χ2n) is 5.91. The fourth-order valence-electron chi connectivity index (χ4n) is 2.75. The van der Waals surface area contributed by atoms with Crippen molar-refractivity contribution in [3.63, 3.8) is 0 Å². The number of carbonyl (C=O) groups excluding carboxylic acids is 2. The Balaban J connectivity index is 1.74. The average molecular weight is 347 g/mol. The maximum atomic E-state index is 12.2. The highest BCUT2D eigenvalue weighted by Crippen LogP contribution is 2.20. The molecule has 5 heteroatoms. The fourth-order valence-corrected chi connectivity index (χ4v) is 2.75. The van der Waals surface area contributed by atoms with E-state index in [0.717, 1.165) is 16.7 Å². The van der Waals surface area contributed by atoms with Gasteiger partial charge < -0.3 is 9.67 Å². The van der Waals surface area contributed by atoms with E-state index in [4.69, 9.17) is 5.11 Å². The third kappa shape index (κ3) is 3.95. The van der Waals surface area contributed by atoms with Crippen LogP contribution in [0.2, 0.25) is 0 Å². The van der Waals surface area contributed by atoms with Crippen LogP contribution in [-0.4, -0.2) is 27.2 Å². The topological polar surface area (TPSA) is 76.4 Å². The lowest BCUT2D eigenvalue weighted by Gasteiger charge is -2.09. The van der Waals surface area contributed by atoms with Gasteiger partial charge in [-0.15, -0.1) is 0 Å². The first-order chi connectivity index (χ1) is 12.5. The Morgan fingerprint density at radius 1 is 0.808 bits per heavy atom. The molecule has 0 spiro atoms. The quantitative estimate of drug-likeness (QED) is 0.404. The molecule has 0 saturated heterocycles. The van der Waals surface area contributed by atoms with E-state index in [-0.39, 0.29) is 0 Å². The molecular weight excluding hydrogens is 330 g/mol. The number of Topliss-reactive ketones (excluding diaryl/α,β-unsaturated/α-hetero) is 2. The van der Waals surface area contributed by atoms with Gasteiger partial charge in [0, 0.05) is 12.7 Å². The van der Waals surface area contributed by atoms with Gasteiger partial charge in [0.05, 0.1) is 12.1 Å². The lowest BCUT2D eigenvalue weighted by atomic mass is 10.0. The van der Waals surface area contributed by atoms with Gasteiger partial charge in [0.1, 0.15) is 0 Å². The SMILES string of the molecule is O=C(O)C(=O)CC(=O)c1cccn1Cc1ccc(-c2ccccc2)cc1. The summed E-state index contributed by atoms with van der Waals surface area (Å²) in [4.78, 5) is 34.0. The van der Waals surface area contributed by atoms with Crippen molar-refractivity contribution in [3.05, 3.63) is 84.2 Å². The fraction of sp³-hybridized carbons (Fsp3) is 0.0952. The number of carbonyl (C=O) groups is 3. The monoisotopic (exact) mass is 347 g/mol. The summed E-state index contributed by atoms with van der Waals surface area (Å²) in [6, 6.07) is 21.3. The van der Waals surface area contributed by atoms with E-state index in [0.29, 0.717) is 12.2 Å². The highest BCUT2D eigenvalue weighted by Gasteiger charge is 2.20. The Bertz CT molecular complexity index is 940. The summed E-state index contributed by atoms with van der Waals surface area (Å²) in [5, 5.41) is 8.64. The van der Waals surface area contributed by atoms with Gasteiger partial charge in [-0.1, -0.05) is 54.6 Å². The highest BCUT2D eigenvalue weighted by atomic mass is 16.4. The van der Waals surface area contributed by atoms with Crippen molar-refractivity contribution in [2.45, 2.75) is 13.0 Å². The number of hydrogen-bond acceptors (Lipinski definition) is 3. The van der Waals surface area contributed by atoms with Gasteiger partial charge in [0.15, 0.2) is 5.78 Å². The molecule has 3 aromatic rings. The first-order valence-corrected chi connectivity index (χ1v) is 8.13. The third-order valence-corrected chi connectivity index (χ3v) is 4.09. The van der Waals surface area contributed by atoms with E-state index in [2.05, 4.69) is 0 Å². The van der Waals surface area contributed by atoms with E-state index >= 15 is 0 Å². The molecule has 130 valence electrons. The molecule has 0 bridgehead atoms. The Morgan fingerprint density at radius 3 is 2.12 bits per heavy atom. The number of nitrogens with zero attached hydrogens (tertiary/aromatic N) is 1. The first kappa shape index (κ1) is 17.4. The molecule has 0 saturated carbocycles. The van der Waals surface area contributed by atoms with Crippen molar-refractivity contribution in [2.24, 2.45) is 0 Å². The van der Waals surface area contributed by atoms with Crippen LogP contribution in [0.4, 0.5) is 0 Å². The molecule has 26 heavy (non-hydrogen) atoms. The summed E-state index contributed by atoms with van der Waals surface area (Å²) in [5.41, 5.74) is 3.56. The summed E-state index contributed by atoms with van der Waals surface area (Å²) in [7, 11) is 0. The Kier molecular flexibility index (Phi) is 5.08. The van der Waals surface area contributed by atoms with E-state index in [9.17, 15) is 14.4 Å². The average Bonchev–Trinajstić information content (AvgIpc) is 3.11. The number of aliphatic carboxylic acids is 1. The second kappa shape index (κ2) is 7.61. The van der Waals surface area contributed by atoms with Crippen LogP contribution in [0.1, 0.15) is 22.5 Å². The maximum absolute atomic E-state index is 12.2. The first-order valence-electron chi connectivity index (χ1n) is 8.13. The number of ketones is 2.